The predicted octanol–water partition coefficient (Wildman–Crippen LogP) is 4.48. The first kappa shape index (κ1) is 17.8. The zero-order valence-electron chi connectivity index (χ0n) is 14.7. The number of halogens is 1. The molecule has 0 saturated heterocycles. The van der Waals surface area contributed by atoms with E-state index < -0.39 is 11.8 Å². The fourth-order valence-electron chi connectivity index (χ4n) is 3.61. The van der Waals surface area contributed by atoms with Crippen LogP contribution >= 0.6 is 11.6 Å². The van der Waals surface area contributed by atoms with Gasteiger partial charge < -0.3 is 14.5 Å². The van der Waals surface area contributed by atoms with Gasteiger partial charge in [-0.25, -0.2) is 0 Å². The lowest BCUT2D eigenvalue weighted by molar-refractivity contribution is -0.248. The van der Waals surface area contributed by atoms with Gasteiger partial charge in [0.2, 0.25) is 0 Å². The summed E-state index contributed by atoms with van der Waals surface area (Å²) in [4.78, 5) is 15.1. The Morgan fingerprint density at radius 3 is 2.96 bits per heavy atom. The number of hydrogen-bond donors (Lipinski definition) is 1. The average molecular weight is 361 g/mol. The largest absolute Gasteiger partial charge is 0.427 e. The summed E-state index contributed by atoms with van der Waals surface area (Å²) in [7, 11) is 0. The molecule has 0 amide bonds. The maximum atomic E-state index is 11.8. The highest BCUT2D eigenvalue weighted by molar-refractivity contribution is 6.35. The monoisotopic (exact) mass is 360 g/mol. The number of fused-ring (bicyclic) bond motifs is 3. The highest BCUT2D eigenvalue weighted by Crippen LogP contribution is 2.44. The minimum atomic E-state index is -1.14. The van der Waals surface area contributed by atoms with Gasteiger partial charge in [0.05, 0.1) is 28.4 Å². The first-order valence-corrected chi connectivity index (χ1v) is 8.89. The number of unbranched alkanes of at least 4 members (excludes halogenated alkanes) is 1. The van der Waals surface area contributed by atoms with E-state index in [1.54, 1.807) is 6.07 Å². The molecule has 1 atom stereocenters. The summed E-state index contributed by atoms with van der Waals surface area (Å²) in [6.45, 7) is 5.75. The van der Waals surface area contributed by atoms with Gasteiger partial charge in [-0.2, -0.15) is 5.26 Å². The Morgan fingerprint density at radius 1 is 1.56 bits per heavy atom. The number of nitrogens with one attached hydrogen (secondary N) is 1. The molecule has 5 nitrogen and oxygen atoms in total. The number of nitrogens with zero attached hydrogens (tertiary/aromatic N) is 1. The van der Waals surface area contributed by atoms with Crippen LogP contribution in [0.25, 0.3) is 10.9 Å². The van der Waals surface area contributed by atoms with Gasteiger partial charge in [0, 0.05) is 18.7 Å². The van der Waals surface area contributed by atoms with Crippen molar-refractivity contribution in [2.75, 3.05) is 6.61 Å². The SMILES string of the molecule is CCCCC1(OC(C)=O)OCCc2c1[nH]c1c(Cl)cc(C)c(C#N)c21. The lowest BCUT2D eigenvalue weighted by atomic mass is 9.93. The number of rotatable bonds is 4. The molecule has 3 rings (SSSR count). The van der Waals surface area contributed by atoms with Crippen LogP contribution in [0.2, 0.25) is 5.02 Å². The number of benzene rings is 1. The summed E-state index contributed by atoms with van der Waals surface area (Å²) >= 11 is 6.42. The van der Waals surface area contributed by atoms with Gasteiger partial charge in [-0.1, -0.05) is 24.9 Å². The van der Waals surface area contributed by atoms with Crippen LogP contribution in [0.3, 0.4) is 0 Å². The summed E-state index contributed by atoms with van der Waals surface area (Å²) in [6.07, 6.45) is 2.99. The van der Waals surface area contributed by atoms with Crippen molar-refractivity contribution in [3.8, 4) is 6.07 Å². The van der Waals surface area contributed by atoms with Crippen LogP contribution in [0.15, 0.2) is 6.07 Å². The van der Waals surface area contributed by atoms with E-state index in [-0.39, 0.29) is 0 Å². The second kappa shape index (κ2) is 6.70. The van der Waals surface area contributed by atoms with Crippen molar-refractivity contribution in [3.63, 3.8) is 0 Å². The standard InChI is InChI=1S/C19H21ClN2O3/c1-4-5-7-19(25-12(3)23)18-13(6-8-24-19)16-14(10-21)11(2)9-15(20)17(16)22-18/h9,22H,4-8H2,1-3H3. The van der Waals surface area contributed by atoms with E-state index in [0.717, 1.165) is 29.4 Å². The summed E-state index contributed by atoms with van der Waals surface area (Å²) in [5, 5.41) is 11.0. The third-order valence-electron chi connectivity index (χ3n) is 4.68. The Labute approximate surface area is 151 Å². The molecule has 0 radical (unpaired) electrons. The van der Waals surface area contributed by atoms with Crippen molar-refractivity contribution >= 4 is 28.5 Å². The van der Waals surface area contributed by atoms with Crippen LogP contribution in [-0.2, 0) is 26.5 Å². The molecule has 6 heteroatoms. The number of aryl methyl sites for hydroxylation is 1. The predicted molar refractivity (Wildman–Crippen MR) is 95.4 cm³/mol. The van der Waals surface area contributed by atoms with Crippen LogP contribution in [0, 0.1) is 18.3 Å². The number of hydrogen-bond acceptors (Lipinski definition) is 4. The number of nitriles is 1. The van der Waals surface area contributed by atoms with E-state index in [0.29, 0.717) is 41.2 Å². The molecule has 1 aliphatic heterocycles. The van der Waals surface area contributed by atoms with Crippen molar-refractivity contribution in [3.05, 3.63) is 33.5 Å². The molecular formula is C19H21ClN2O3. The molecule has 2 aromatic rings. The number of aromatic amines is 1. The Balaban J connectivity index is 2.30. The molecule has 0 aliphatic carbocycles. The van der Waals surface area contributed by atoms with Gasteiger partial charge in [0.1, 0.15) is 6.07 Å². The van der Waals surface area contributed by atoms with Gasteiger partial charge in [-0.05, 0) is 37.0 Å². The molecule has 0 spiro atoms. The zero-order valence-corrected chi connectivity index (χ0v) is 15.4. The summed E-state index contributed by atoms with van der Waals surface area (Å²) in [5.74, 6) is -1.54. The van der Waals surface area contributed by atoms with Crippen LogP contribution < -0.4 is 0 Å². The van der Waals surface area contributed by atoms with Crippen LogP contribution in [0.5, 0.6) is 0 Å². The maximum absolute atomic E-state index is 11.8. The Bertz CT molecular complexity index is 881. The molecule has 1 aliphatic rings. The summed E-state index contributed by atoms with van der Waals surface area (Å²) in [5.41, 5.74) is 3.81. The van der Waals surface area contributed by atoms with E-state index in [4.69, 9.17) is 21.1 Å². The Morgan fingerprint density at radius 2 is 2.32 bits per heavy atom. The molecule has 2 heterocycles. The normalized spacial score (nSPS) is 19.5. The van der Waals surface area contributed by atoms with Gasteiger partial charge in [0.15, 0.2) is 0 Å². The van der Waals surface area contributed by atoms with Gasteiger partial charge in [-0.15, -0.1) is 0 Å². The number of carbonyl (C=O) groups excluding carboxylic acids is 1. The lowest BCUT2D eigenvalue weighted by Gasteiger charge is -2.36. The van der Waals surface area contributed by atoms with Crippen LogP contribution in [-0.4, -0.2) is 17.6 Å². The van der Waals surface area contributed by atoms with Crippen molar-refractivity contribution < 1.29 is 14.3 Å². The molecular weight excluding hydrogens is 340 g/mol. The summed E-state index contributed by atoms with van der Waals surface area (Å²) in [6, 6.07) is 4.07. The average Bonchev–Trinajstić information content (AvgIpc) is 2.95. The third kappa shape index (κ3) is 2.90. The maximum Gasteiger partial charge on any atom is 0.305 e. The molecule has 1 aromatic carbocycles. The van der Waals surface area contributed by atoms with Crippen LogP contribution in [0.1, 0.15) is 55.5 Å². The van der Waals surface area contributed by atoms with Crippen molar-refractivity contribution in [1.82, 2.24) is 4.98 Å². The minimum Gasteiger partial charge on any atom is -0.427 e. The fourth-order valence-corrected chi connectivity index (χ4v) is 3.91. The van der Waals surface area contributed by atoms with Crippen molar-refractivity contribution in [2.24, 2.45) is 0 Å². The minimum absolute atomic E-state index is 0.398. The molecule has 1 aromatic heterocycles. The summed E-state index contributed by atoms with van der Waals surface area (Å²) < 4.78 is 11.6. The number of ether oxygens (including phenoxy) is 2. The quantitative estimate of drug-likeness (QED) is 0.815. The first-order chi connectivity index (χ1) is 11.9. The molecule has 0 fully saturated rings. The Kier molecular flexibility index (Phi) is 4.77. The van der Waals surface area contributed by atoms with E-state index in [1.807, 2.05) is 6.92 Å². The van der Waals surface area contributed by atoms with Crippen molar-refractivity contribution in [2.45, 2.75) is 52.2 Å². The molecule has 1 unspecified atom stereocenters. The lowest BCUT2D eigenvalue weighted by Crippen LogP contribution is -2.39. The fraction of sp³-hybridized carbons (Fsp3) is 0.474. The third-order valence-corrected chi connectivity index (χ3v) is 4.98. The highest BCUT2D eigenvalue weighted by Gasteiger charge is 2.43. The second-order valence-electron chi connectivity index (χ2n) is 6.44. The second-order valence-corrected chi connectivity index (χ2v) is 6.85. The van der Waals surface area contributed by atoms with Crippen LogP contribution in [0.4, 0.5) is 0 Å². The highest BCUT2D eigenvalue weighted by atomic mass is 35.5. The first-order valence-electron chi connectivity index (χ1n) is 8.51. The van der Waals surface area contributed by atoms with E-state index in [9.17, 15) is 10.1 Å². The molecule has 25 heavy (non-hydrogen) atoms. The number of aromatic nitrogens is 1. The molecule has 1 N–H and O–H groups in total. The Hall–Kier alpha value is -2.03. The zero-order chi connectivity index (χ0) is 18.2. The van der Waals surface area contributed by atoms with Crippen molar-refractivity contribution in [1.29, 1.82) is 5.26 Å². The number of esters is 1. The van der Waals surface area contributed by atoms with Gasteiger partial charge >= 0.3 is 5.97 Å². The molecule has 0 bridgehead atoms. The van der Waals surface area contributed by atoms with E-state index in [1.165, 1.54) is 6.92 Å². The smallest absolute Gasteiger partial charge is 0.305 e. The molecule has 0 saturated carbocycles. The van der Waals surface area contributed by atoms with Gasteiger partial charge in [0.25, 0.3) is 5.79 Å². The topological polar surface area (TPSA) is 75.1 Å². The molecule has 132 valence electrons. The van der Waals surface area contributed by atoms with Gasteiger partial charge in [-0.3, -0.25) is 4.79 Å². The van der Waals surface area contributed by atoms with E-state index >= 15 is 0 Å². The van der Waals surface area contributed by atoms with E-state index in [2.05, 4.69) is 18.0 Å². The number of H-pyrrole nitrogens is 1. The number of carbonyl (C=O) groups is 1.